The monoisotopic (exact) mass is 599 g/mol. The SMILES string of the molecule is NCc1nn(-c2c(Cl)cc(S(F)(F)(F)(F)F)cc2Cl)c(NC(=O)OCC2CC2(F)F)c1C1(C(N)=O)CC1. The number of ether oxygens (including phenoxy) is 1. The molecule has 0 spiro atoms. The maximum Gasteiger partial charge on any atom is 0.412 e. The fourth-order valence-electron chi connectivity index (χ4n) is 3.86. The summed E-state index contributed by atoms with van der Waals surface area (Å²) in [5, 5.41) is 4.42. The maximum absolute atomic E-state index is 13.3. The standard InChI is InChI=1S/C19H18Cl2F7N5O3S/c20-10-3-9(37(24,25,26,27)28)4-11(21)14(10)33-15(31-17(35)36-7-8-5-19(8,22)23)13(12(6-29)32-33)18(1-2-18)16(30)34/h3-4,8H,1-2,5-7,29H2,(H2,30,34)(H,31,35). The Morgan fingerprint density at radius 3 is 2.11 bits per heavy atom. The van der Waals surface area contributed by atoms with Gasteiger partial charge in [-0.3, -0.25) is 10.1 Å². The summed E-state index contributed by atoms with van der Waals surface area (Å²) >= 11 is 11.9. The Bertz CT molecular complexity index is 1310. The number of nitrogens with two attached hydrogens (primary N) is 2. The minimum Gasteiger partial charge on any atom is -0.449 e. The average Bonchev–Trinajstić information content (AvgIpc) is 3.62. The van der Waals surface area contributed by atoms with E-state index in [0.29, 0.717) is 4.68 Å². The molecule has 206 valence electrons. The fraction of sp³-hybridized carbons (Fsp3) is 0.421. The fourth-order valence-corrected chi connectivity index (χ4v) is 5.32. The van der Waals surface area contributed by atoms with Gasteiger partial charge in [-0.2, -0.15) is 5.10 Å². The van der Waals surface area contributed by atoms with E-state index in [1.807, 2.05) is 0 Å². The van der Waals surface area contributed by atoms with Crippen molar-refractivity contribution in [3.05, 3.63) is 33.4 Å². The second-order valence-corrected chi connectivity index (χ2v) is 12.0. The van der Waals surface area contributed by atoms with Crippen molar-refractivity contribution in [3.8, 4) is 5.69 Å². The maximum atomic E-state index is 13.3. The van der Waals surface area contributed by atoms with Gasteiger partial charge in [0, 0.05) is 18.5 Å². The molecule has 4 rings (SSSR count). The Morgan fingerprint density at radius 2 is 1.70 bits per heavy atom. The minimum atomic E-state index is -10.2. The predicted octanol–water partition coefficient (Wildman–Crippen LogP) is 6.02. The summed E-state index contributed by atoms with van der Waals surface area (Å²) in [4.78, 5) is 22.3. The summed E-state index contributed by atoms with van der Waals surface area (Å²) in [5.41, 5.74) is 9.22. The van der Waals surface area contributed by atoms with Gasteiger partial charge in [0.15, 0.2) is 0 Å². The lowest BCUT2D eigenvalue weighted by Crippen LogP contribution is -2.31. The zero-order valence-corrected chi connectivity index (χ0v) is 20.7. The van der Waals surface area contributed by atoms with Gasteiger partial charge < -0.3 is 16.2 Å². The van der Waals surface area contributed by atoms with Crippen molar-refractivity contribution in [2.45, 2.75) is 42.0 Å². The molecule has 0 saturated heterocycles. The van der Waals surface area contributed by atoms with Crippen molar-refractivity contribution in [1.29, 1.82) is 0 Å². The molecule has 1 unspecified atom stereocenters. The number of hydrogen-bond donors (Lipinski definition) is 3. The summed E-state index contributed by atoms with van der Waals surface area (Å²) in [5.74, 6) is -5.45. The molecule has 1 aromatic heterocycles. The van der Waals surface area contributed by atoms with Crippen LogP contribution in [-0.4, -0.2) is 34.3 Å². The highest BCUT2D eigenvalue weighted by Gasteiger charge is 2.66. The van der Waals surface area contributed by atoms with Gasteiger partial charge in [-0.05, 0) is 25.0 Å². The number of halogens is 9. The number of aromatic nitrogens is 2. The molecule has 1 heterocycles. The highest BCUT2D eigenvalue weighted by Crippen LogP contribution is 3.02. The number of hydrogen-bond acceptors (Lipinski definition) is 5. The van der Waals surface area contributed by atoms with Crippen LogP contribution in [0.4, 0.5) is 38.8 Å². The van der Waals surface area contributed by atoms with Gasteiger partial charge in [-0.25, -0.2) is 18.3 Å². The molecule has 1 aromatic carbocycles. The van der Waals surface area contributed by atoms with E-state index in [4.69, 9.17) is 39.4 Å². The van der Waals surface area contributed by atoms with E-state index in [9.17, 15) is 37.8 Å². The number of anilines is 1. The molecule has 5 N–H and O–H groups in total. The Kier molecular flexibility index (Phi) is 5.82. The first kappa shape index (κ1) is 27.6. The van der Waals surface area contributed by atoms with Gasteiger partial charge in [0.05, 0.1) is 27.1 Å². The number of rotatable bonds is 8. The van der Waals surface area contributed by atoms with Crippen LogP contribution in [0.2, 0.25) is 10.0 Å². The highest BCUT2D eigenvalue weighted by molar-refractivity contribution is 8.45. The number of nitrogens with one attached hydrogen (secondary N) is 1. The molecule has 2 aromatic rings. The van der Waals surface area contributed by atoms with Gasteiger partial charge in [-0.1, -0.05) is 42.6 Å². The summed E-state index contributed by atoms with van der Waals surface area (Å²) in [7, 11) is -10.2. The smallest absolute Gasteiger partial charge is 0.412 e. The van der Waals surface area contributed by atoms with Gasteiger partial charge in [0.25, 0.3) is 5.92 Å². The molecule has 1 atom stereocenters. The molecule has 37 heavy (non-hydrogen) atoms. The third kappa shape index (κ3) is 5.15. The summed E-state index contributed by atoms with van der Waals surface area (Å²) in [6, 6.07) is -0.127. The van der Waals surface area contributed by atoms with Gasteiger partial charge >= 0.3 is 16.3 Å². The molecule has 0 radical (unpaired) electrons. The Hall–Kier alpha value is -2.43. The third-order valence-electron chi connectivity index (χ3n) is 6.09. The highest BCUT2D eigenvalue weighted by atomic mass is 35.5. The zero-order chi connectivity index (χ0) is 27.8. The van der Waals surface area contributed by atoms with Crippen LogP contribution < -0.4 is 16.8 Å². The van der Waals surface area contributed by atoms with Crippen LogP contribution in [0.1, 0.15) is 30.5 Å². The first-order valence-electron chi connectivity index (χ1n) is 10.4. The number of primary amides is 1. The second kappa shape index (κ2) is 7.80. The van der Waals surface area contributed by atoms with Crippen LogP contribution in [0.5, 0.6) is 0 Å². The molecule has 18 heteroatoms. The molecule has 2 fully saturated rings. The number of carbonyl (C=O) groups excluding carboxylic acids is 2. The Balaban J connectivity index is 1.84. The van der Waals surface area contributed by atoms with Gasteiger partial charge in [0.2, 0.25) is 5.91 Å². The lowest BCUT2D eigenvalue weighted by Gasteiger charge is -2.40. The molecule has 2 amide bonds. The summed E-state index contributed by atoms with van der Waals surface area (Å²) in [6.07, 6.45) is -1.41. The number of nitrogens with zero attached hydrogens (tertiary/aromatic N) is 2. The van der Waals surface area contributed by atoms with Crippen molar-refractivity contribution >= 4 is 51.2 Å². The lowest BCUT2D eigenvalue weighted by molar-refractivity contribution is -0.120. The van der Waals surface area contributed by atoms with Crippen molar-refractivity contribution in [3.63, 3.8) is 0 Å². The van der Waals surface area contributed by atoms with Crippen molar-refractivity contribution in [2.24, 2.45) is 17.4 Å². The van der Waals surface area contributed by atoms with Crippen LogP contribution in [0, 0.1) is 5.92 Å². The lowest BCUT2D eigenvalue weighted by atomic mass is 9.94. The number of benzene rings is 1. The number of carbonyl (C=O) groups is 2. The Morgan fingerprint density at radius 1 is 1.16 bits per heavy atom. The van der Waals surface area contributed by atoms with E-state index in [0.717, 1.165) is 0 Å². The average molecular weight is 600 g/mol. The van der Waals surface area contributed by atoms with Crippen molar-refractivity contribution in [2.75, 3.05) is 11.9 Å². The molecule has 2 aliphatic rings. The summed E-state index contributed by atoms with van der Waals surface area (Å²) < 4.78 is 98.5. The quantitative estimate of drug-likeness (QED) is 0.320. The van der Waals surface area contributed by atoms with Crippen LogP contribution in [0.25, 0.3) is 5.69 Å². The molecule has 8 nitrogen and oxygen atoms in total. The van der Waals surface area contributed by atoms with Crippen LogP contribution >= 0.6 is 33.4 Å². The molecule has 0 aliphatic heterocycles. The van der Waals surface area contributed by atoms with Crippen LogP contribution in [-0.2, 0) is 21.5 Å². The Labute approximate surface area is 214 Å². The van der Waals surface area contributed by atoms with Crippen molar-refractivity contribution < 1.29 is 42.5 Å². The van der Waals surface area contributed by atoms with Crippen LogP contribution in [0.15, 0.2) is 17.0 Å². The molecular formula is C19H18Cl2F7N5O3S. The van der Waals surface area contributed by atoms with Gasteiger partial charge in [-0.15, -0.1) is 0 Å². The van der Waals surface area contributed by atoms with Gasteiger partial charge in [0.1, 0.15) is 23.0 Å². The van der Waals surface area contributed by atoms with Crippen molar-refractivity contribution in [1.82, 2.24) is 9.78 Å². The van der Waals surface area contributed by atoms with E-state index >= 15 is 0 Å². The van der Waals surface area contributed by atoms with Crippen LogP contribution in [0.3, 0.4) is 0 Å². The van der Waals surface area contributed by atoms with E-state index in [2.05, 4.69) is 10.4 Å². The first-order valence-corrected chi connectivity index (χ1v) is 13.1. The normalized spacial score (nSPS) is 21.5. The molecule has 2 saturated carbocycles. The molecular weight excluding hydrogens is 582 g/mol. The van der Waals surface area contributed by atoms with E-state index in [1.165, 1.54) is 0 Å². The third-order valence-corrected chi connectivity index (χ3v) is 7.79. The first-order chi connectivity index (χ1) is 16.7. The van der Waals surface area contributed by atoms with E-state index in [-0.39, 0.29) is 42.8 Å². The predicted molar refractivity (Wildman–Crippen MR) is 121 cm³/mol. The molecule has 0 bridgehead atoms. The van der Waals surface area contributed by atoms with E-state index in [1.54, 1.807) is 0 Å². The number of alkyl halides is 2. The summed E-state index contributed by atoms with van der Waals surface area (Å²) in [6.45, 7) is -1.03. The topological polar surface area (TPSA) is 125 Å². The molecule has 2 aliphatic carbocycles. The largest absolute Gasteiger partial charge is 0.449 e. The van der Waals surface area contributed by atoms with E-state index < -0.39 is 79.0 Å². The number of amides is 2. The zero-order valence-electron chi connectivity index (χ0n) is 18.4. The minimum absolute atomic E-state index is 0.0277. The second-order valence-electron chi connectivity index (χ2n) is 8.82.